The molecule has 2 aromatic heterocycles. The predicted molar refractivity (Wildman–Crippen MR) is 71.2 cm³/mol. The van der Waals surface area contributed by atoms with Crippen LogP contribution in [-0.2, 0) is 4.74 Å². The van der Waals surface area contributed by atoms with Crippen LogP contribution in [-0.4, -0.2) is 26.7 Å². The molecule has 4 heterocycles. The van der Waals surface area contributed by atoms with Crippen molar-refractivity contribution >= 4 is 23.4 Å². The zero-order chi connectivity index (χ0) is 12.3. The second-order valence-electron chi connectivity index (χ2n) is 5.30. The number of ether oxygens (including phenoxy) is 1. The van der Waals surface area contributed by atoms with Crippen LogP contribution in [0, 0.1) is 11.7 Å². The maximum Gasteiger partial charge on any atom is 0.179 e. The van der Waals surface area contributed by atoms with E-state index in [0.717, 1.165) is 28.8 Å². The fourth-order valence-electron chi connectivity index (χ4n) is 3.33. The fraction of sp³-hybridized carbons (Fsp3) is 0.538. The number of aryl methyl sites for hydroxylation is 1. The van der Waals surface area contributed by atoms with Gasteiger partial charge >= 0.3 is 0 Å². The lowest BCUT2D eigenvalue weighted by Crippen LogP contribution is -2.21. The molecule has 0 amide bonds. The molecule has 94 valence electrons. The largest absolute Gasteiger partial charge is 0.373 e. The number of pyridine rings is 1. The van der Waals surface area contributed by atoms with Crippen molar-refractivity contribution in [3.63, 3.8) is 0 Å². The Morgan fingerprint density at radius 3 is 3.11 bits per heavy atom. The zero-order valence-electron chi connectivity index (χ0n) is 10.2. The van der Waals surface area contributed by atoms with Crippen LogP contribution in [0.25, 0.3) is 11.2 Å². The van der Waals surface area contributed by atoms with E-state index in [1.165, 1.54) is 12.0 Å². The summed E-state index contributed by atoms with van der Waals surface area (Å²) in [5.74, 6) is 0. The fourth-order valence-corrected chi connectivity index (χ4v) is 3.66. The summed E-state index contributed by atoms with van der Waals surface area (Å²) in [4.78, 5) is 7.79. The molecular formula is C13H15N3OS. The van der Waals surface area contributed by atoms with E-state index >= 15 is 0 Å². The Kier molecular flexibility index (Phi) is 2.17. The van der Waals surface area contributed by atoms with E-state index in [1.807, 2.05) is 12.3 Å². The first-order valence-electron chi connectivity index (χ1n) is 6.45. The summed E-state index contributed by atoms with van der Waals surface area (Å²) in [5.41, 5.74) is 3.22. The van der Waals surface area contributed by atoms with Crippen LogP contribution in [0.15, 0.2) is 12.3 Å². The number of rotatable bonds is 1. The smallest absolute Gasteiger partial charge is 0.179 e. The molecule has 5 heteroatoms. The average molecular weight is 261 g/mol. The molecule has 2 aliphatic rings. The monoisotopic (exact) mass is 261 g/mol. The number of nitrogens with zero attached hydrogens (tertiary/aromatic N) is 2. The summed E-state index contributed by atoms with van der Waals surface area (Å²) >= 11 is 5.48. The van der Waals surface area contributed by atoms with Gasteiger partial charge in [0.2, 0.25) is 0 Å². The van der Waals surface area contributed by atoms with Gasteiger partial charge < -0.3 is 9.72 Å². The van der Waals surface area contributed by atoms with Gasteiger partial charge in [-0.2, -0.15) is 0 Å². The Morgan fingerprint density at radius 2 is 2.39 bits per heavy atom. The summed E-state index contributed by atoms with van der Waals surface area (Å²) in [5, 5.41) is 0. The first-order chi connectivity index (χ1) is 8.74. The lowest BCUT2D eigenvalue weighted by molar-refractivity contribution is 0.0941. The summed E-state index contributed by atoms with van der Waals surface area (Å²) in [6.07, 6.45) is 6.02. The van der Waals surface area contributed by atoms with E-state index in [2.05, 4.69) is 21.5 Å². The third-order valence-electron chi connectivity index (χ3n) is 4.22. The molecule has 3 atom stereocenters. The van der Waals surface area contributed by atoms with Gasteiger partial charge in [-0.1, -0.05) is 0 Å². The summed E-state index contributed by atoms with van der Waals surface area (Å²) in [6.45, 7) is 2.08. The molecule has 2 aliphatic heterocycles. The topological polar surface area (TPSA) is 42.8 Å². The molecule has 2 bridgehead atoms. The molecule has 0 saturated carbocycles. The molecule has 0 aliphatic carbocycles. The van der Waals surface area contributed by atoms with Gasteiger partial charge in [-0.25, -0.2) is 4.98 Å². The van der Waals surface area contributed by atoms with Crippen LogP contribution >= 0.6 is 12.2 Å². The van der Waals surface area contributed by atoms with Crippen LogP contribution in [0.2, 0.25) is 0 Å². The summed E-state index contributed by atoms with van der Waals surface area (Å²) in [7, 11) is 0. The highest BCUT2D eigenvalue weighted by Gasteiger charge is 2.42. The number of imidazole rings is 1. The minimum atomic E-state index is 0.322. The molecule has 2 saturated heterocycles. The molecule has 4 nitrogen and oxygen atoms in total. The zero-order valence-corrected chi connectivity index (χ0v) is 11.0. The Balaban J connectivity index is 1.92. The maximum absolute atomic E-state index is 5.93. The third-order valence-corrected chi connectivity index (χ3v) is 4.52. The second kappa shape index (κ2) is 3.65. The summed E-state index contributed by atoms with van der Waals surface area (Å²) in [6, 6.07) is 2.37. The maximum atomic E-state index is 5.93. The number of hydrogen-bond acceptors (Lipinski definition) is 3. The van der Waals surface area contributed by atoms with Gasteiger partial charge in [-0.3, -0.25) is 4.57 Å². The van der Waals surface area contributed by atoms with Crippen molar-refractivity contribution in [2.75, 3.05) is 0 Å². The normalized spacial score (nSPS) is 30.4. The van der Waals surface area contributed by atoms with Gasteiger partial charge in [0, 0.05) is 6.20 Å². The number of H-pyrrole nitrogens is 1. The van der Waals surface area contributed by atoms with Crippen molar-refractivity contribution in [1.82, 2.24) is 14.5 Å². The minimum Gasteiger partial charge on any atom is -0.373 e. The van der Waals surface area contributed by atoms with Crippen LogP contribution in [0.1, 0.15) is 30.9 Å². The van der Waals surface area contributed by atoms with Crippen LogP contribution in [0.5, 0.6) is 0 Å². The molecule has 0 aromatic carbocycles. The van der Waals surface area contributed by atoms with E-state index in [1.54, 1.807) is 0 Å². The van der Waals surface area contributed by atoms with Crippen molar-refractivity contribution in [1.29, 1.82) is 0 Å². The minimum absolute atomic E-state index is 0.322. The predicted octanol–water partition coefficient (Wildman–Crippen LogP) is 2.89. The molecule has 0 radical (unpaired) electrons. The van der Waals surface area contributed by atoms with E-state index in [-0.39, 0.29) is 0 Å². The van der Waals surface area contributed by atoms with E-state index in [4.69, 9.17) is 17.0 Å². The highest BCUT2D eigenvalue weighted by molar-refractivity contribution is 7.71. The van der Waals surface area contributed by atoms with Gasteiger partial charge in [-0.05, 0) is 50.0 Å². The van der Waals surface area contributed by atoms with Crippen molar-refractivity contribution in [2.24, 2.45) is 0 Å². The van der Waals surface area contributed by atoms with Crippen molar-refractivity contribution in [2.45, 2.75) is 44.4 Å². The van der Waals surface area contributed by atoms with Crippen LogP contribution < -0.4 is 0 Å². The molecule has 18 heavy (non-hydrogen) atoms. The van der Waals surface area contributed by atoms with Crippen molar-refractivity contribution in [3.8, 4) is 0 Å². The van der Waals surface area contributed by atoms with Crippen LogP contribution in [0.4, 0.5) is 0 Å². The van der Waals surface area contributed by atoms with Gasteiger partial charge in [0.15, 0.2) is 10.4 Å². The first kappa shape index (κ1) is 10.7. The van der Waals surface area contributed by atoms with Gasteiger partial charge in [0.1, 0.15) is 0 Å². The lowest BCUT2D eigenvalue weighted by Gasteiger charge is -2.20. The van der Waals surface area contributed by atoms with Gasteiger partial charge in [0.05, 0.1) is 23.8 Å². The standard InChI is InChI=1S/C13H15N3OS/c1-7-4-5-14-12-11(7)15-13(18)16(12)9-6-8-2-3-10(9)17-8/h4-5,8-10H,2-3,6H2,1H3,(H,15,18). The molecule has 4 rings (SSSR count). The van der Waals surface area contributed by atoms with E-state index < -0.39 is 0 Å². The van der Waals surface area contributed by atoms with Crippen molar-refractivity contribution in [3.05, 3.63) is 22.6 Å². The Labute approximate surface area is 110 Å². The first-order valence-corrected chi connectivity index (χ1v) is 6.86. The summed E-state index contributed by atoms with van der Waals surface area (Å²) < 4.78 is 8.87. The van der Waals surface area contributed by atoms with Gasteiger partial charge in [-0.15, -0.1) is 0 Å². The van der Waals surface area contributed by atoms with E-state index in [0.29, 0.717) is 18.2 Å². The number of aromatic nitrogens is 3. The van der Waals surface area contributed by atoms with E-state index in [9.17, 15) is 0 Å². The quantitative estimate of drug-likeness (QED) is 0.803. The highest BCUT2D eigenvalue weighted by atomic mass is 32.1. The second-order valence-corrected chi connectivity index (χ2v) is 5.69. The SMILES string of the molecule is Cc1ccnc2c1[nH]c(=S)n2C1CC2CCC1O2. The molecule has 3 unspecified atom stereocenters. The number of aromatic amines is 1. The average Bonchev–Trinajstić information content (AvgIpc) is 3.02. The highest BCUT2D eigenvalue weighted by Crippen LogP contribution is 2.42. The molecular weight excluding hydrogens is 246 g/mol. The molecule has 2 aromatic rings. The Hall–Kier alpha value is -1.20. The molecule has 2 fully saturated rings. The third kappa shape index (κ3) is 1.34. The van der Waals surface area contributed by atoms with Gasteiger partial charge in [0.25, 0.3) is 0 Å². The number of hydrogen-bond donors (Lipinski definition) is 1. The number of nitrogens with one attached hydrogen (secondary N) is 1. The van der Waals surface area contributed by atoms with Crippen molar-refractivity contribution < 1.29 is 4.74 Å². The number of fused-ring (bicyclic) bond motifs is 3. The Morgan fingerprint density at radius 1 is 1.50 bits per heavy atom. The molecule has 1 N–H and O–H groups in total. The Bertz CT molecular complexity index is 674. The molecule has 0 spiro atoms. The lowest BCUT2D eigenvalue weighted by atomic mass is 9.95. The van der Waals surface area contributed by atoms with Crippen LogP contribution in [0.3, 0.4) is 0 Å².